The van der Waals surface area contributed by atoms with Crippen molar-refractivity contribution in [2.45, 2.75) is 19.4 Å². The molecule has 0 unspecified atom stereocenters. The number of rotatable bonds is 3. The minimum Gasteiger partial charge on any atom is -0.465 e. The van der Waals surface area contributed by atoms with Crippen LogP contribution < -0.4 is 0 Å². The van der Waals surface area contributed by atoms with Gasteiger partial charge < -0.3 is 14.7 Å². The van der Waals surface area contributed by atoms with Gasteiger partial charge in [0.25, 0.3) is 0 Å². The molecular weight excluding hydrogens is 246 g/mol. The number of likely N-dealkylation sites (tertiary alicyclic amines) is 1. The number of carbonyl (C=O) groups excluding carboxylic acids is 1. The predicted molar refractivity (Wildman–Crippen MR) is 68.6 cm³/mol. The summed E-state index contributed by atoms with van der Waals surface area (Å²) in [5.74, 6) is -0.650. The molecule has 1 amide bonds. The van der Waals surface area contributed by atoms with Crippen LogP contribution in [-0.4, -0.2) is 35.2 Å². The van der Waals surface area contributed by atoms with Crippen molar-refractivity contribution in [1.29, 1.82) is 0 Å². The van der Waals surface area contributed by atoms with E-state index in [1.165, 1.54) is 4.90 Å². The topological polar surface area (TPSA) is 66.8 Å². The van der Waals surface area contributed by atoms with Gasteiger partial charge in [-0.2, -0.15) is 0 Å². The van der Waals surface area contributed by atoms with Crippen LogP contribution in [0.1, 0.15) is 18.4 Å². The fourth-order valence-electron chi connectivity index (χ4n) is 2.19. The molecule has 1 fully saturated rings. The molecule has 0 spiro atoms. The van der Waals surface area contributed by atoms with Gasteiger partial charge in [-0.15, -0.1) is 0 Å². The number of hydrogen-bond acceptors (Lipinski definition) is 3. The third-order valence-corrected chi connectivity index (χ3v) is 3.25. The van der Waals surface area contributed by atoms with Crippen LogP contribution in [0.5, 0.6) is 0 Å². The van der Waals surface area contributed by atoms with E-state index in [-0.39, 0.29) is 25.0 Å². The van der Waals surface area contributed by atoms with E-state index >= 15 is 0 Å². The molecule has 1 N–H and O–H groups in total. The number of hydrogen-bond donors (Lipinski definition) is 1. The Labute approximate surface area is 111 Å². The SMILES string of the molecule is O=C(OCc1ccccc1)[C@@H]1CCCN(C(=O)O)C1. The highest BCUT2D eigenvalue weighted by Gasteiger charge is 2.29. The summed E-state index contributed by atoms with van der Waals surface area (Å²) in [5.41, 5.74) is 0.932. The zero-order valence-electron chi connectivity index (χ0n) is 10.6. The third kappa shape index (κ3) is 3.71. The van der Waals surface area contributed by atoms with E-state index in [1.807, 2.05) is 30.3 Å². The van der Waals surface area contributed by atoms with Crippen LogP contribution in [0.2, 0.25) is 0 Å². The quantitative estimate of drug-likeness (QED) is 0.848. The number of ether oxygens (including phenoxy) is 1. The Morgan fingerprint density at radius 3 is 2.74 bits per heavy atom. The Balaban J connectivity index is 1.84. The van der Waals surface area contributed by atoms with Crippen molar-refractivity contribution in [3.05, 3.63) is 35.9 Å². The molecule has 0 aliphatic carbocycles. The Morgan fingerprint density at radius 2 is 2.05 bits per heavy atom. The minimum atomic E-state index is -0.972. The summed E-state index contributed by atoms with van der Waals surface area (Å²) in [7, 11) is 0. The maximum atomic E-state index is 11.9. The van der Waals surface area contributed by atoms with Gasteiger partial charge in [0.15, 0.2) is 0 Å². The van der Waals surface area contributed by atoms with Gasteiger partial charge in [-0.3, -0.25) is 4.79 Å². The van der Waals surface area contributed by atoms with Crippen molar-refractivity contribution in [3.8, 4) is 0 Å². The second kappa shape index (κ2) is 6.22. The lowest BCUT2D eigenvalue weighted by atomic mass is 9.98. The lowest BCUT2D eigenvalue weighted by Gasteiger charge is -2.29. The van der Waals surface area contributed by atoms with Gasteiger partial charge in [0.1, 0.15) is 6.61 Å². The highest BCUT2D eigenvalue weighted by atomic mass is 16.5. The molecule has 1 saturated heterocycles. The number of carbonyl (C=O) groups is 2. The number of nitrogens with zero attached hydrogens (tertiary/aromatic N) is 1. The standard InChI is InChI=1S/C14H17NO4/c16-13(19-10-11-5-2-1-3-6-11)12-7-4-8-15(9-12)14(17)18/h1-3,5-6,12H,4,7-10H2,(H,17,18)/t12-/m1/s1. The number of amides is 1. The van der Waals surface area contributed by atoms with Crippen LogP contribution in [0.3, 0.4) is 0 Å². The first-order valence-corrected chi connectivity index (χ1v) is 6.35. The average molecular weight is 263 g/mol. The molecule has 1 aromatic carbocycles. The first kappa shape index (κ1) is 13.4. The molecule has 1 aromatic rings. The first-order chi connectivity index (χ1) is 9.16. The fourth-order valence-corrected chi connectivity index (χ4v) is 2.19. The van der Waals surface area contributed by atoms with Crippen molar-refractivity contribution < 1.29 is 19.4 Å². The largest absolute Gasteiger partial charge is 0.465 e. The maximum Gasteiger partial charge on any atom is 0.407 e. The van der Waals surface area contributed by atoms with Crippen molar-refractivity contribution in [3.63, 3.8) is 0 Å². The second-order valence-electron chi connectivity index (χ2n) is 4.66. The molecule has 1 aliphatic rings. The van der Waals surface area contributed by atoms with E-state index in [1.54, 1.807) is 0 Å². The van der Waals surface area contributed by atoms with Gasteiger partial charge in [-0.05, 0) is 18.4 Å². The maximum absolute atomic E-state index is 11.9. The number of carboxylic acid groups (broad SMARTS) is 1. The summed E-state index contributed by atoms with van der Waals surface area (Å²) in [4.78, 5) is 24.0. The summed E-state index contributed by atoms with van der Waals surface area (Å²) in [6.45, 7) is 0.976. The lowest BCUT2D eigenvalue weighted by Crippen LogP contribution is -2.42. The molecule has 0 aromatic heterocycles. The molecule has 5 nitrogen and oxygen atoms in total. The normalized spacial score (nSPS) is 18.9. The Hall–Kier alpha value is -2.04. The molecule has 19 heavy (non-hydrogen) atoms. The van der Waals surface area contributed by atoms with Crippen LogP contribution >= 0.6 is 0 Å². The Bertz CT molecular complexity index is 446. The zero-order chi connectivity index (χ0) is 13.7. The molecule has 1 atom stereocenters. The van der Waals surface area contributed by atoms with Crippen molar-refractivity contribution >= 4 is 12.1 Å². The van der Waals surface area contributed by atoms with Gasteiger partial charge in [-0.1, -0.05) is 30.3 Å². The molecule has 0 bridgehead atoms. The number of piperidine rings is 1. The summed E-state index contributed by atoms with van der Waals surface area (Å²) in [6, 6.07) is 9.44. The van der Waals surface area contributed by atoms with E-state index in [4.69, 9.17) is 9.84 Å². The summed E-state index contributed by atoms with van der Waals surface area (Å²) in [6.07, 6.45) is 0.426. The van der Waals surface area contributed by atoms with E-state index in [0.717, 1.165) is 5.56 Å². The molecule has 102 valence electrons. The second-order valence-corrected chi connectivity index (χ2v) is 4.66. The predicted octanol–water partition coefficient (Wildman–Crippen LogP) is 2.12. The van der Waals surface area contributed by atoms with E-state index in [2.05, 4.69) is 0 Å². The number of esters is 1. The molecule has 5 heteroatoms. The van der Waals surface area contributed by atoms with E-state index in [0.29, 0.717) is 19.4 Å². The molecule has 2 rings (SSSR count). The highest BCUT2D eigenvalue weighted by molar-refractivity contribution is 5.74. The molecular formula is C14H17NO4. The molecule has 1 aliphatic heterocycles. The van der Waals surface area contributed by atoms with Crippen LogP contribution in [0.4, 0.5) is 4.79 Å². The van der Waals surface area contributed by atoms with Crippen LogP contribution in [0.25, 0.3) is 0 Å². The average Bonchev–Trinajstić information content (AvgIpc) is 2.46. The summed E-state index contributed by atoms with van der Waals surface area (Å²) >= 11 is 0. The fraction of sp³-hybridized carbons (Fsp3) is 0.429. The van der Waals surface area contributed by atoms with Crippen LogP contribution in [0, 0.1) is 5.92 Å². The van der Waals surface area contributed by atoms with Crippen molar-refractivity contribution in [1.82, 2.24) is 4.90 Å². The smallest absolute Gasteiger partial charge is 0.407 e. The summed E-state index contributed by atoms with van der Waals surface area (Å²) in [5, 5.41) is 8.92. The van der Waals surface area contributed by atoms with Crippen molar-refractivity contribution in [2.75, 3.05) is 13.1 Å². The van der Waals surface area contributed by atoms with Crippen LogP contribution in [0.15, 0.2) is 30.3 Å². The van der Waals surface area contributed by atoms with Crippen molar-refractivity contribution in [2.24, 2.45) is 5.92 Å². The minimum absolute atomic E-state index is 0.239. The monoisotopic (exact) mass is 263 g/mol. The van der Waals surface area contributed by atoms with E-state index in [9.17, 15) is 9.59 Å². The molecule has 0 saturated carbocycles. The molecule has 1 heterocycles. The molecule has 0 radical (unpaired) electrons. The first-order valence-electron chi connectivity index (χ1n) is 6.35. The Kier molecular flexibility index (Phi) is 4.39. The van der Waals surface area contributed by atoms with Gasteiger partial charge in [0, 0.05) is 13.1 Å². The zero-order valence-corrected chi connectivity index (χ0v) is 10.6. The third-order valence-electron chi connectivity index (χ3n) is 3.25. The number of benzene rings is 1. The van der Waals surface area contributed by atoms with Crippen LogP contribution in [-0.2, 0) is 16.1 Å². The van der Waals surface area contributed by atoms with E-state index < -0.39 is 6.09 Å². The Morgan fingerprint density at radius 1 is 1.32 bits per heavy atom. The lowest BCUT2D eigenvalue weighted by molar-refractivity contribution is -0.151. The highest BCUT2D eigenvalue weighted by Crippen LogP contribution is 2.18. The van der Waals surface area contributed by atoms with Gasteiger partial charge in [-0.25, -0.2) is 4.79 Å². The van der Waals surface area contributed by atoms with Gasteiger partial charge in [0.2, 0.25) is 0 Å². The summed E-state index contributed by atoms with van der Waals surface area (Å²) < 4.78 is 5.24. The van der Waals surface area contributed by atoms with Gasteiger partial charge >= 0.3 is 12.1 Å². The van der Waals surface area contributed by atoms with Gasteiger partial charge in [0.05, 0.1) is 5.92 Å².